The van der Waals surface area contributed by atoms with Crippen molar-refractivity contribution in [2.45, 2.75) is 31.7 Å². The third-order valence-electron chi connectivity index (χ3n) is 2.16. The molecule has 4 N–H and O–H groups in total. The minimum Gasteiger partial charge on any atom is -0.330 e. The molecule has 1 rings (SSSR count). The first-order valence-corrected chi connectivity index (χ1v) is 3.78. The van der Waals surface area contributed by atoms with E-state index in [1.54, 1.807) is 0 Å². The van der Waals surface area contributed by atoms with Crippen LogP contribution in [0.3, 0.4) is 0 Å². The highest BCUT2D eigenvalue weighted by Crippen LogP contribution is 2.21. The molecule has 54 valence electrons. The van der Waals surface area contributed by atoms with Crippen LogP contribution in [0.15, 0.2) is 0 Å². The molecule has 0 heterocycles. The van der Waals surface area contributed by atoms with Crippen molar-refractivity contribution in [2.24, 2.45) is 17.4 Å². The zero-order valence-corrected chi connectivity index (χ0v) is 5.84. The second-order valence-corrected chi connectivity index (χ2v) is 3.03. The van der Waals surface area contributed by atoms with E-state index in [1.807, 2.05) is 0 Å². The average molecular weight is 128 g/mol. The van der Waals surface area contributed by atoms with Gasteiger partial charge in [-0.15, -0.1) is 0 Å². The average Bonchev–Trinajstić information content (AvgIpc) is 1.88. The first-order valence-electron chi connectivity index (χ1n) is 3.78. The smallest absolute Gasteiger partial charge is 0.00419 e. The van der Waals surface area contributed by atoms with Crippen molar-refractivity contribution in [2.75, 3.05) is 6.54 Å². The minimum absolute atomic E-state index is 0.437. The van der Waals surface area contributed by atoms with E-state index in [-0.39, 0.29) is 0 Å². The van der Waals surface area contributed by atoms with Gasteiger partial charge < -0.3 is 11.5 Å². The summed E-state index contributed by atoms with van der Waals surface area (Å²) >= 11 is 0. The summed E-state index contributed by atoms with van der Waals surface area (Å²) in [7, 11) is 0. The molecule has 0 radical (unpaired) electrons. The van der Waals surface area contributed by atoms with E-state index in [1.165, 1.54) is 19.3 Å². The van der Waals surface area contributed by atoms with Gasteiger partial charge in [-0.2, -0.15) is 0 Å². The number of hydrogen-bond donors (Lipinski definition) is 2. The van der Waals surface area contributed by atoms with Gasteiger partial charge in [0.15, 0.2) is 0 Å². The Labute approximate surface area is 56.6 Å². The lowest BCUT2D eigenvalue weighted by Crippen LogP contribution is -2.31. The third kappa shape index (κ3) is 1.95. The summed E-state index contributed by atoms with van der Waals surface area (Å²) in [6.45, 7) is 0.827. The molecular weight excluding hydrogens is 112 g/mol. The van der Waals surface area contributed by atoms with E-state index in [2.05, 4.69) is 0 Å². The molecule has 0 aromatic heterocycles. The van der Waals surface area contributed by atoms with Crippen molar-refractivity contribution >= 4 is 0 Å². The van der Waals surface area contributed by atoms with Gasteiger partial charge in [0, 0.05) is 6.04 Å². The Morgan fingerprint density at radius 3 is 2.56 bits per heavy atom. The zero-order chi connectivity index (χ0) is 6.69. The lowest BCUT2D eigenvalue weighted by atomic mass is 9.86. The topological polar surface area (TPSA) is 52.0 Å². The zero-order valence-electron chi connectivity index (χ0n) is 5.84. The quantitative estimate of drug-likeness (QED) is 0.539. The van der Waals surface area contributed by atoms with Crippen LogP contribution in [-0.2, 0) is 0 Å². The van der Waals surface area contributed by atoms with Crippen molar-refractivity contribution in [1.29, 1.82) is 0 Å². The van der Waals surface area contributed by atoms with E-state index in [9.17, 15) is 0 Å². The summed E-state index contributed by atoms with van der Waals surface area (Å²) in [6.07, 6.45) is 4.93. The summed E-state index contributed by atoms with van der Waals surface area (Å²) in [5.74, 6) is 0.716. The molecule has 0 aliphatic heterocycles. The second-order valence-electron chi connectivity index (χ2n) is 3.03. The normalized spacial score (nSPS) is 36.7. The van der Waals surface area contributed by atoms with E-state index in [0.717, 1.165) is 13.0 Å². The maximum atomic E-state index is 5.75. The van der Waals surface area contributed by atoms with Crippen LogP contribution in [0.4, 0.5) is 0 Å². The summed E-state index contributed by atoms with van der Waals surface area (Å²) in [6, 6.07) is 0.437. The number of rotatable bonds is 1. The van der Waals surface area contributed by atoms with Crippen LogP contribution in [0.25, 0.3) is 0 Å². The van der Waals surface area contributed by atoms with Gasteiger partial charge in [0.25, 0.3) is 0 Å². The Bertz CT molecular complexity index is 83.0. The van der Waals surface area contributed by atoms with Crippen molar-refractivity contribution in [3.05, 3.63) is 0 Å². The van der Waals surface area contributed by atoms with Crippen molar-refractivity contribution in [1.82, 2.24) is 0 Å². The number of nitrogens with two attached hydrogens (primary N) is 2. The molecule has 1 fully saturated rings. The van der Waals surface area contributed by atoms with Gasteiger partial charge in [0.2, 0.25) is 0 Å². The Kier molecular flexibility index (Phi) is 2.49. The maximum Gasteiger partial charge on any atom is 0.00419 e. The maximum absolute atomic E-state index is 5.75. The lowest BCUT2D eigenvalue weighted by Gasteiger charge is -2.24. The molecule has 0 unspecified atom stereocenters. The number of hydrogen-bond acceptors (Lipinski definition) is 2. The molecule has 0 spiro atoms. The standard InChI is InChI=1S/C7H16N2/c8-5-6-2-1-3-7(9)4-6/h6-7H,1-5,8-9H2/t6-,7+/m1/s1. The molecular formula is C7H16N2. The fraction of sp³-hybridized carbons (Fsp3) is 1.00. The summed E-state index contributed by atoms with van der Waals surface area (Å²) < 4.78 is 0. The van der Waals surface area contributed by atoms with Gasteiger partial charge in [-0.3, -0.25) is 0 Å². The van der Waals surface area contributed by atoms with Crippen LogP contribution in [-0.4, -0.2) is 12.6 Å². The molecule has 0 amide bonds. The van der Waals surface area contributed by atoms with Crippen LogP contribution in [0.5, 0.6) is 0 Å². The molecule has 2 nitrogen and oxygen atoms in total. The molecule has 2 atom stereocenters. The summed E-state index contributed by atoms with van der Waals surface area (Å²) in [4.78, 5) is 0. The van der Waals surface area contributed by atoms with E-state index >= 15 is 0 Å². The molecule has 0 saturated heterocycles. The molecule has 0 aromatic rings. The predicted molar refractivity (Wildman–Crippen MR) is 39.0 cm³/mol. The SMILES string of the molecule is NC[C@@H]1CCC[C@H](N)C1. The highest BCUT2D eigenvalue weighted by atomic mass is 14.7. The Morgan fingerprint density at radius 1 is 1.33 bits per heavy atom. The van der Waals surface area contributed by atoms with Crippen LogP contribution in [0, 0.1) is 5.92 Å². The van der Waals surface area contributed by atoms with Gasteiger partial charge in [-0.25, -0.2) is 0 Å². The minimum atomic E-state index is 0.437. The first kappa shape index (κ1) is 7.03. The highest BCUT2D eigenvalue weighted by Gasteiger charge is 2.16. The fourth-order valence-corrected chi connectivity index (χ4v) is 1.55. The first-order chi connectivity index (χ1) is 4.33. The molecule has 1 saturated carbocycles. The van der Waals surface area contributed by atoms with E-state index in [4.69, 9.17) is 11.5 Å². The van der Waals surface area contributed by atoms with Gasteiger partial charge in [-0.05, 0) is 31.7 Å². The van der Waals surface area contributed by atoms with Gasteiger partial charge >= 0.3 is 0 Å². The van der Waals surface area contributed by atoms with Gasteiger partial charge in [-0.1, -0.05) is 6.42 Å². The van der Waals surface area contributed by atoms with E-state index < -0.39 is 0 Å². The van der Waals surface area contributed by atoms with Crippen LogP contribution in [0.2, 0.25) is 0 Å². The van der Waals surface area contributed by atoms with Crippen molar-refractivity contribution in [3.63, 3.8) is 0 Å². The second kappa shape index (κ2) is 3.18. The summed E-state index contributed by atoms with van der Waals surface area (Å²) in [5.41, 5.74) is 11.3. The molecule has 9 heavy (non-hydrogen) atoms. The fourth-order valence-electron chi connectivity index (χ4n) is 1.55. The lowest BCUT2D eigenvalue weighted by molar-refractivity contribution is 0.329. The van der Waals surface area contributed by atoms with Gasteiger partial charge in [0.05, 0.1) is 0 Å². The molecule has 1 aliphatic rings. The molecule has 0 bridgehead atoms. The third-order valence-corrected chi connectivity index (χ3v) is 2.16. The van der Waals surface area contributed by atoms with Crippen molar-refractivity contribution < 1.29 is 0 Å². The van der Waals surface area contributed by atoms with Crippen LogP contribution in [0.1, 0.15) is 25.7 Å². The largest absolute Gasteiger partial charge is 0.330 e. The van der Waals surface area contributed by atoms with Crippen molar-refractivity contribution in [3.8, 4) is 0 Å². The predicted octanol–water partition coefficient (Wildman–Crippen LogP) is 0.463. The van der Waals surface area contributed by atoms with E-state index in [0.29, 0.717) is 12.0 Å². The Balaban J connectivity index is 2.23. The molecule has 0 aromatic carbocycles. The van der Waals surface area contributed by atoms with Crippen LogP contribution >= 0.6 is 0 Å². The van der Waals surface area contributed by atoms with Crippen LogP contribution < -0.4 is 11.5 Å². The highest BCUT2D eigenvalue weighted by molar-refractivity contribution is 4.74. The van der Waals surface area contributed by atoms with Gasteiger partial charge in [0.1, 0.15) is 0 Å². The molecule has 1 aliphatic carbocycles. The Hall–Kier alpha value is -0.0800. The monoisotopic (exact) mass is 128 g/mol. The Morgan fingerprint density at radius 2 is 2.11 bits per heavy atom. The summed E-state index contributed by atoms with van der Waals surface area (Å²) in [5, 5.41) is 0. The molecule has 2 heteroatoms.